The molecular formula is C24H26N2O5. The summed E-state index contributed by atoms with van der Waals surface area (Å²) in [6, 6.07) is 14.4. The molecule has 31 heavy (non-hydrogen) atoms. The summed E-state index contributed by atoms with van der Waals surface area (Å²) in [5.41, 5.74) is 2.91. The second kappa shape index (κ2) is 9.55. The maximum atomic E-state index is 12.5. The van der Waals surface area contributed by atoms with Crippen LogP contribution in [0, 0.1) is 0 Å². The number of ether oxygens (including phenoxy) is 1. The van der Waals surface area contributed by atoms with Crippen molar-refractivity contribution in [2.75, 3.05) is 11.9 Å². The predicted octanol–water partition coefficient (Wildman–Crippen LogP) is 3.30. The summed E-state index contributed by atoms with van der Waals surface area (Å²) in [4.78, 5) is 50.3. The molecule has 0 unspecified atom stereocenters. The summed E-state index contributed by atoms with van der Waals surface area (Å²) in [6.45, 7) is 5.55. The van der Waals surface area contributed by atoms with Gasteiger partial charge in [-0.05, 0) is 42.2 Å². The summed E-state index contributed by atoms with van der Waals surface area (Å²) < 4.78 is 5.18. The van der Waals surface area contributed by atoms with Crippen molar-refractivity contribution in [3.8, 4) is 0 Å². The number of hydrogen-bond donors (Lipinski definition) is 1. The lowest BCUT2D eigenvalue weighted by Gasteiger charge is -2.26. The van der Waals surface area contributed by atoms with E-state index < -0.39 is 23.9 Å². The highest BCUT2D eigenvalue weighted by atomic mass is 16.5. The number of fused-ring (bicyclic) bond motifs is 1. The number of nitrogens with zero attached hydrogens (tertiary/aromatic N) is 1. The summed E-state index contributed by atoms with van der Waals surface area (Å²) in [6.07, 6.45) is -1.07. The van der Waals surface area contributed by atoms with Gasteiger partial charge in [0.15, 0.2) is 6.10 Å². The third kappa shape index (κ3) is 5.36. The minimum absolute atomic E-state index is 0.0875. The predicted molar refractivity (Wildman–Crippen MR) is 116 cm³/mol. The third-order valence-corrected chi connectivity index (χ3v) is 5.20. The first-order chi connectivity index (χ1) is 14.8. The summed E-state index contributed by atoms with van der Waals surface area (Å²) in [5.74, 6) is -1.50. The number of nitrogens with one attached hydrogen (secondary N) is 1. The number of benzene rings is 2. The second-order valence-electron chi connectivity index (χ2n) is 7.83. The Hall–Kier alpha value is -3.48. The van der Waals surface area contributed by atoms with Crippen LogP contribution in [-0.2, 0) is 25.5 Å². The maximum Gasteiger partial charge on any atom is 0.308 e. The fourth-order valence-corrected chi connectivity index (χ4v) is 3.33. The van der Waals surface area contributed by atoms with E-state index in [2.05, 4.69) is 19.2 Å². The Morgan fingerprint density at radius 3 is 2.39 bits per heavy atom. The Balaban J connectivity index is 1.50. The first-order valence-corrected chi connectivity index (χ1v) is 10.3. The SMILES string of the molecule is CC(C)c1ccc(NC(=O)[C@@H](C)OC(=O)CCN2C(=O)Cc3ccccc3C2=O)cc1. The molecule has 0 aliphatic carbocycles. The molecule has 1 aliphatic rings. The van der Waals surface area contributed by atoms with E-state index in [0.29, 0.717) is 22.7 Å². The van der Waals surface area contributed by atoms with Crippen LogP contribution in [0.25, 0.3) is 0 Å². The molecule has 0 spiro atoms. The van der Waals surface area contributed by atoms with Crippen LogP contribution in [0.15, 0.2) is 48.5 Å². The van der Waals surface area contributed by atoms with Crippen molar-refractivity contribution in [1.82, 2.24) is 4.90 Å². The summed E-state index contributed by atoms with van der Waals surface area (Å²) in [7, 11) is 0. The fourth-order valence-electron chi connectivity index (χ4n) is 3.33. The Labute approximate surface area is 181 Å². The van der Waals surface area contributed by atoms with E-state index in [-0.39, 0.29) is 25.3 Å². The zero-order valence-electron chi connectivity index (χ0n) is 17.9. The van der Waals surface area contributed by atoms with Gasteiger partial charge in [0, 0.05) is 17.8 Å². The minimum Gasteiger partial charge on any atom is -0.452 e. The van der Waals surface area contributed by atoms with Crippen LogP contribution in [0.4, 0.5) is 5.69 Å². The first-order valence-electron chi connectivity index (χ1n) is 10.3. The van der Waals surface area contributed by atoms with Crippen LogP contribution < -0.4 is 5.32 Å². The van der Waals surface area contributed by atoms with Gasteiger partial charge >= 0.3 is 5.97 Å². The van der Waals surface area contributed by atoms with Crippen LogP contribution in [0.5, 0.6) is 0 Å². The highest BCUT2D eigenvalue weighted by Crippen LogP contribution is 2.20. The van der Waals surface area contributed by atoms with Crippen molar-refractivity contribution in [3.05, 3.63) is 65.2 Å². The lowest BCUT2D eigenvalue weighted by Crippen LogP contribution is -2.43. The van der Waals surface area contributed by atoms with Gasteiger partial charge in [0.25, 0.3) is 11.8 Å². The number of hydrogen-bond acceptors (Lipinski definition) is 5. The lowest BCUT2D eigenvalue weighted by atomic mass is 9.98. The van der Waals surface area contributed by atoms with E-state index in [4.69, 9.17) is 4.74 Å². The van der Waals surface area contributed by atoms with Gasteiger partial charge < -0.3 is 10.1 Å². The van der Waals surface area contributed by atoms with E-state index in [9.17, 15) is 19.2 Å². The summed E-state index contributed by atoms with van der Waals surface area (Å²) >= 11 is 0. The number of esters is 1. The second-order valence-corrected chi connectivity index (χ2v) is 7.83. The van der Waals surface area contributed by atoms with Gasteiger partial charge in [-0.3, -0.25) is 24.1 Å². The molecule has 1 atom stereocenters. The normalized spacial score (nSPS) is 14.3. The van der Waals surface area contributed by atoms with Crippen molar-refractivity contribution < 1.29 is 23.9 Å². The number of carbonyl (C=O) groups is 4. The smallest absolute Gasteiger partial charge is 0.308 e. The van der Waals surface area contributed by atoms with Crippen molar-refractivity contribution in [1.29, 1.82) is 0 Å². The van der Waals surface area contributed by atoms with Gasteiger partial charge in [-0.25, -0.2) is 0 Å². The molecule has 2 aromatic rings. The minimum atomic E-state index is -1.01. The average Bonchev–Trinajstić information content (AvgIpc) is 2.73. The van der Waals surface area contributed by atoms with E-state index in [1.54, 1.807) is 36.4 Å². The molecule has 0 aromatic heterocycles. The highest BCUT2D eigenvalue weighted by molar-refractivity contribution is 6.09. The van der Waals surface area contributed by atoms with Crippen LogP contribution in [0.1, 0.15) is 54.6 Å². The largest absolute Gasteiger partial charge is 0.452 e. The zero-order valence-corrected chi connectivity index (χ0v) is 17.9. The molecule has 0 bridgehead atoms. The van der Waals surface area contributed by atoms with Crippen molar-refractivity contribution in [2.45, 2.75) is 45.6 Å². The van der Waals surface area contributed by atoms with Gasteiger partial charge in [-0.1, -0.05) is 44.2 Å². The van der Waals surface area contributed by atoms with Gasteiger partial charge in [-0.15, -0.1) is 0 Å². The molecule has 1 aliphatic heterocycles. The van der Waals surface area contributed by atoms with Crippen molar-refractivity contribution in [3.63, 3.8) is 0 Å². The van der Waals surface area contributed by atoms with E-state index in [1.165, 1.54) is 6.92 Å². The molecule has 1 heterocycles. The van der Waals surface area contributed by atoms with Gasteiger partial charge in [0.05, 0.1) is 12.8 Å². The lowest BCUT2D eigenvalue weighted by molar-refractivity contribution is -0.153. The Bertz CT molecular complexity index is 997. The molecule has 0 saturated heterocycles. The van der Waals surface area contributed by atoms with E-state index in [0.717, 1.165) is 10.5 Å². The standard InChI is InChI=1S/C24H26N2O5/c1-15(2)17-8-10-19(11-9-17)25-23(29)16(3)31-22(28)12-13-26-21(27)14-18-6-4-5-7-20(18)24(26)30/h4-11,15-16H,12-14H2,1-3H3,(H,25,29)/t16-/m1/s1. The van der Waals surface area contributed by atoms with Gasteiger partial charge in [0.2, 0.25) is 5.91 Å². The first kappa shape index (κ1) is 22.2. The van der Waals surface area contributed by atoms with Gasteiger partial charge in [0.1, 0.15) is 0 Å². The number of anilines is 1. The van der Waals surface area contributed by atoms with Crippen LogP contribution in [-0.4, -0.2) is 41.2 Å². The molecule has 162 valence electrons. The quantitative estimate of drug-likeness (QED) is 0.546. The number of imide groups is 1. The molecule has 2 aromatic carbocycles. The van der Waals surface area contributed by atoms with Crippen molar-refractivity contribution in [2.24, 2.45) is 0 Å². The van der Waals surface area contributed by atoms with Crippen LogP contribution in [0.3, 0.4) is 0 Å². The number of carbonyl (C=O) groups excluding carboxylic acids is 4. The molecule has 0 radical (unpaired) electrons. The Morgan fingerprint density at radius 2 is 1.71 bits per heavy atom. The van der Waals surface area contributed by atoms with Gasteiger partial charge in [-0.2, -0.15) is 0 Å². The Morgan fingerprint density at radius 1 is 1.03 bits per heavy atom. The molecule has 7 heteroatoms. The van der Waals surface area contributed by atoms with Crippen LogP contribution in [0.2, 0.25) is 0 Å². The third-order valence-electron chi connectivity index (χ3n) is 5.20. The maximum absolute atomic E-state index is 12.5. The summed E-state index contributed by atoms with van der Waals surface area (Å²) in [5, 5.41) is 2.71. The van der Waals surface area contributed by atoms with E-state index in [1.807, 2.05) is 12.1 Å². The van der Waals surface area contributed by atoms with Crippen LogP contribution >= 0.6 is 0 Å². The average molecular weight is 422 g/mol. The topological polar surface area (TPSA) is 92.8 Å². The molecule has 1 N–H and O–H groups in total. The molecule has 3 rings (SSSR count). The monoisotopic (exact) mass is 422 g/mol. The molecule has 0 fully saturated rings. The number of amides is 3. The Kier molecular flexibility index (Phi) is 6.84. The highest BCUT2D eigenvalue weighted by Gasteiger charge is 2.31. The molecule has 3 amide bonds. The van der Waals surface area contributed by atoms with Crippen molar-refractivity contribution >= 4 is 29.4 Å². The fraction of sp³-hybridized carbons (Fsp3) is 0.333. The molecule has 7 nitrogen and oxygen atoms in total. The number of rotatable bonds is 7. The molecule has 0 saturated carbocycles. The zero-order chi connectivity index (χ0) is 22.5. The molecular weight excluding hydrogens is 396 g/mol. The van der Waals surface area contributed by atoms with E-state index >= 15 is 0 Å².